The van der Waals surface area contributed by atoms with Crippen molar-refractivity contribution in [3.05, 3.63) is 16.1 Å². The van der Waals surface area contributed by atoms with E-state index in [1.54, 1.807) is 13.3 Å². The van der Waals surface area contributed by atoms with Gasteiger partial charge in [-0.25, -0.2) is 9.78 Å². The minimum absolute atomic E-state index is 0.298. The van der Waals surface area contributed by atoms with Crippen molar-refractivity contribution in [3.63, 3.8) is 0 Å². The molecule has 1 aromatic rings. The second-order valence-electron chi connectivity index (χ2n) is 4.63. The summed E-state index contributed by atoms with van der Waals surface area (Å²) in [6.45, 7) is 0. The summed E-state index contributed by atoms with van der Waals surface area (Å²) < 4.78 is 10.5. The molecule has 0 spiro atoms. The van der Waals surface area contributed by atoms with Gasteiger partial charge in [-0.15, -0.1) is 11.3 Å². The molecule has 1 heterocycles. The molecule has 100 valence electrons. The van der Waals surface area contributed by atoms with Crippen molar-refractivity contribution < 1.29 is 14.3 Å². The van der Waals surface area contributed by atoms with Crippen LogP contribution < -0.4 is 0 Å². The summed E-state index contributed by atoms with van der Waals surface area (Å²) in [5, 5.41) is 0.910. The summed E-state index contributed by atoms with van der Waals surface area (Å²) in [7, 11) is 3.13. The highest BCUT2D eigenvalue weighted by molar-refractivity contribution is 7.13. The highest BCUT2D eigenvalue weighted by Gasteiger charge is 2.36. The lowest BCUT2D eigenvalue weighted by Crippen LogP contribution is -2.27. The summed E-state index contributed by atoms with van der Waals surface area (Å²) in [5.74, 6) is -0.321. The molecule has 1 saturated carbocycles. The van der Waals surface area contributed by atoms with Crippen molar-refractivity contribution in [1.29, 1.82) is 0 Å². The van der Waals surface area contributed by atoms with Crippen LogP contribution in [0.3, 0.4) is 0 Å². The zero-order valence-corrected chi connectivity index (χ0v) is 11.7. The van der Waals surface area contributed by atoms with E-state index in [0.29, 0.717) is 4.88 Å². The minimum Gasteiger partial charge on any atom is -0.465 e. The average molecular weight is 269 g/mol. The van der Waals surface area contributed by atoms with Gasteiger partial charge in [0.15, 0.2) is 0 Å². The van der Waals surface area contributed by atoms with Crippen LogP contribution in [0.4, 0.5) is 0 Å². The summed E-state index contributed by atoms with van der Waals surface area (Å²) in [4.78, 5) is 16.4. The normalized spacial score (nSPS) is 19.2. The van der Waals surface area contributed by atoms with E-state index in [9.17, 15) is 4.79 Å². The standard InChI is InChI=1S/C13H19NO3S/c1-16-11(15)10-9-14-12(18-10)13(17-2)7-5-3-4-6-8-13/h9H,3-8H2,1-2H3. The quantitative estimate of drug-likeness (QED) is 0.625. The molecule has 0 atom stereocenters. The number of carbonyl (C=O) groups excluding carboxylic acids is 1. The molecular formula is C13H19NO3S. The van der Waals surface area contributed by atoms with Gasteiger partial charge < -0.3 is 9.47 Å². The number of carbonyl (C=O) groups is 1. The minimum atomic E-state index is -0.321. The predicted octanol–water partition coefficient (Wildman–Crippen LogP) is 3.13. The number of esters is 1. The van der Waals surface area contributed by atoms with Crippen LogP contribution in [0.2, 0.25) is 0 Å². The molecule has 5 heteroatoms. The average Bonchev–Trinajstić information content (AvgIpc) is 2.78. The van der Waals surface area contributed by atoms with Crippen LogP contribution in [-0.2, 0) is 15.1 Å². The van der Waals surface area contributed by atoms with Crippen molar-refractivity contribution in [3.8, 4) is 0 Å². The molecule has 1 aliphatic carbocycles. The lowest BCUT2D eigenvalue weighted by molar-refractivity contribution is -0.0279. The summed E-state index contributed by atoms with van der Waals surface area (Å²) in [6, 6.07) is 0. The highest BCUT2D eigenvalue weighted by Crippen LogP contribution is 2.40. The summed E-state index contributed by atoms with van der Waals surface area (Å²) >= 11 is 1.39. The maximum Gasteiger partial charge on any atom is 0.349 e. The summed E-state index contributed by atoms with van der Waals surface area (Å²) in [5.41, 5.74) is -0.298. The molecule has 1 fully saturated rings. The van der Waals surface area contributed by atoms with Crippen molar-refractivity contribution in [1.82, 2.24) is 4.98 Å². The Bertz CT molecular complexity index is 408. The van der Waals surface area contributed by atoms with Gasteiger partial charge in [0.05, 0.1) is 13.3 Å². The van der Waals surface area contributed by atoms with Crippen LogP contribution in [0.5, 0.6) is 0 Å². The molecule has 0 unspecified atom stereocenters. The first kappa shape index (κ1) is 13.5. The number of aromatic nitrogens is 1. The second-order valence-corrected chi connectivity index (χ2v) is 5.66. The van der Waals surface area contributed by atoms with Gasteiger partial charge in [-0.1, -0.05) is 25.7 Å². The molecule has 0 N–H and O–H groups in total. The molecule has 2 rings (SSSR count). The van der Waals surface area contributed by atoms with Crippen molar-refractivity contribution in [2.75, 3.05) is 14.2 Å². The zero-order valence-electron chi connectivity index (χ0n) is 10.9. The Kier molecular flexibility index (Phi) is 4.35. The van der Waals surface area contributed by atoms with Gasteiger partial charge in [-0.2, -0.15) is 0 Å². The van der Waals surface area contributed by atoms with E-state index in [2.05, 4.69) is 4.98 Å². The molecule has 0 saturated heterocycles. The fourth-order valence-corrected chi connectivity index (χ4v) is 3.54. The van der Waals surface area contributed by atoms with Crippen molar-refractivity contribution in [2.45, 2.75) is 44.1 Å². The van der Waals surface area contributed by atoms with Crippen LogP contribution in [-0.4, -0.2) is 25.2 Å². The monoisotopic (exact) mass is 269 g/mol. The van der Waals surface area contributed by atoms with E-state index in [0.717, 1.165) is 30.7 Å². The van der Waals surface area contributed by atoms with E-state index in [4.69, 9.17) is 9.47 Å². The SMILES string of the molecule is COC(=O)c1cnc(C2(OC)CCCCCC2)s1. The number of ether oxygens (including phenoxy) is 2. The van der Waals surface area contributed by atoms with Gasteiger partial charge >= 0.3 is 5.97 Å². The van der Waals surface area contributed by atoms with Gasteiger partial charge in [0.25, 0.3) is 0 Å². The summed E-state index contributed by atoms with van der Waals surface area (Å²) in [6.07, 6.45) is 8.37. The molecule has 1 aliphatic rings. The lowest BCUT2D eigenvalue weighted by atomic mass is 9.95. The third-order valence-corrected chi connectivity index (χ3v) is 4.75. The van der Waals surface area contributed by atoms with Crippen LogP contribution in [0.15, 0.2) is 6.20 Å². The van der Waals surface area contributed by atoms with E-state index in [1.807, 2.05) is 0 Å². The predicted molar refractivity (Wildman–Crippen MR) is 69.8 cm³/mol. The molecule has 0 amide bonds. The zero-order chi connectivity index (χ0) is 13.0. The number of nitrogens with zero attached hydrogens (tertiary/aromatic N) is 1. The Morgan fingerprint density at radius 2 is 1.94 bits per heavy atom. The Hall–Kier alpha value is -0.940. The van der Waals surface area contributed by atoms with Crippen molar-refractivity contribution >= 4 is 17.3 Å². The maximum atomic E-state index is 11.5. The first-order valence-electron chi connectivity index (χ1n) is 6.31. The van der Waals surface area contributed by atoms with Gasteiger partial charge in [0.2, 0.25) is 0 Å². The van der Waals surface area contributed by atoms with Crippen LogP contribution in [0.25, 0.3) is 0 Å². The van der Waals surface area contributed by atoms with Crippen LogP contribution >= 0.6 is 11.3 Å². The van der Waals surface area contributed by atoms with Gasteiger partial charge in [-0.05, 0) is 12.8 Å². The number of hydrogen-bond donors (Lipinski definition) is 0. The van der Waals surface area contributed by atoms with Crippen LogP contribution in [0.1, 0.15) is 53.2 Å². The van der Waals surface area contributed by atoms with Crippen LogP contribution in [0, 0.1) is 0 Å². The number of rotatable bonds is 3. The topological polar surface area (TPSA) is 48.4 Å². The van der Waals surface area contributed by atoms with E-state index >= 15 is 0 Å². The van der Waals surface area contributed by atoms with Crippen molar-refractivity contribution in [2.24, 2.45) is 0 Å². The molecule has 18 heavy (non-hydrogen) atoms. The fourth-order valence-electron chi connectivity index (χ4n) is 2.48. The molecule has 4 nitrogen and oxygen atoms in total. The lowest BCUT2D eigenvalue weighted by Gasteiger charge is -2.28. The fraction of sp³-hybridized carbons (Fsp3) is 0.692. The molecule has 0 aliphatic heterocycles. The van der Waals surface area contributed by atoms with E-state index < -0.39 is 0 Å². The molecule has 1 aromatic heterocycles. The molecule has 0 radical (unpaired) electrons. The Labute approximate surface area is 111 Å². The molecule has 0 bridgehead atoms. The third-order valence-electron chi connectivity index (χ3n) is 3.58. The second kappa shape index (κ2) is 5.80. The largest absolute Gasteiger partial charge is 0.465 e. The number of hydrogen-bond acceptors (Lipinski definition) is 5. The number of methoxy groups -OCH3 is 2. The van der Waals surface area contributed by atoms with E-state index in [-0.39, 0.29) is 11.6 Å². The smallest absolute Gasteiger partial charge is 0.349 e. The van der Waals surface area contributed by atoms with E-state index in [1.165, 1.54) is 31.3 Å². The highest BCUT2D eigenvalue weighted by atomic mass is 32.1. The van der Waals surface area contributed by atoms with Gasteiger partial charge in [-0.3, -0.25) is 0 Å². The molecular weight excluding hydrogens is 250 g/mol. The number of thiazole rings is 1. The Morgan fingerprint density at radius 3 is 2.50 bits per heavy atom. The molecule has 0 aromatic carbocycles. The Balaban J connectivity index is 2.26. The van der Waals surface area contributed by atoms with Gasteiger partial charge in [0, 0.05) is 7.11 Å². The Morgan fingerprint density at radius 1 is 1.28 bits per heavy atom. The third kappa shape index (κ3) is 2.57. The first-order valence-corrected chi connectivity index (χ1v) is 7.13. The van der Waals surface area contributed by atoms with Gasteiger partial charge in [0.1, 0.15) is 15.5 Å². The first-order chi connectivity index (χ1) is 8.72. The maximum absolute atomic E-state index is 11.5.